The Bertz CT molecular complexity index is 617. The van der Waals surface area contributed by atoms with Gasteiger partial charge in [-0.25, -0.2) is 0 Å². The third kappa shape index (κ3) is 4.52. The van der Waals surface area contributed by atoms with E-state index in [0.717, 1.165) is 0 Å². The molecule has 0 saturated carbocycles. The highest BCUT2D eigenvalue weighted by atomic mass is 32.1. The highest BCUT2D eigenvalue weighted by molar-refractivity contribution is 7.80. The molecule has 8 heteroatoms. The van der Waals surface area contributed by atoms with E-state index in [4.69, 9.17) is 31.2 Å². The van der Waals surface area contributed by atoms with Crippen molar-refractivity contribution in [3.05, 3.63) is 17.7 Å². The lowest BCUT2D eigenvalue weighted by Crippen LogP contribution is -2.52. The monoisotopic (exact) mass is 368 g/mol. The molecule has 0 spiro atoms. The second kappa shape index (κ2) is 8.35. The molecular weight excluding hydrogens is 344 g/mol. The number of hydrogen-bond donors (Lipinski definition) is 1. The van der Waals surface area contributed by atoms with Crippen LogP contribution in [0.5, 0.6) is 17.2 Å². The molecule has 1 aromatic rings. The maximum absolute atomic E-state index is 12.6. The predicted molar refractivity (Wildman–Crippen MR) is 97.7 cm³/mol. The zero-order chi connectivity index (χ0) is 18.6. The van der Waals surface area contributed by atoms with Crippen LogP contribution in [-0.2, 0) is 4.74 Å². The molecule has 25 heavy (non-hydrogen) atoms. The van der Waals surface area contributed by atoms with E-state index >= 15 is 0 Å². The van der Waals surface area contributed by atoms with Gasteiger partial charge in [0.15, 0.2) is 16.6 Å². The van der Waals surface area contributed by atoms with Crippen LogP contribution in [-0.4, -0.2) is 62.5 Å². The van der Waals surface area contributed by atoms with Gasteiger partial charge in [-0.2, -0.15) is 0 Å². The number of thiocarbonyl (C=S) groups is 1. The van der Waals surface area contributed by atoms with Gasteiger partial charge in [-0.1, -0.05) is 0 Å². The van der Waals surface area contributed by atoms with Gasteiger partial charge < -0.3 is 23.8 Å². The molecule has 2 unspecified atom stereocenters. The summed E-state index contributed by atoms with van der Waals surface area (Å²) in [5.41, 5.74) is 0.367. The highest BCUT2D eigenvalue weighted by Gasteiger charge is 2.25. The minimum atomic E-state index is -0.337. The van der Waals surface area contributed by atoms with Crippen molar-refractivity contribution in [2.75, 3.05) is 34.4 Å². The molecule has 0 aromatic heterocycles. The zero-order valence-corrected chi connectivity index (χ0v) is 15.9. The van der Waals surface area contributed by atoms with E-state index in [1.165, 1.54) is 21.3 Å². The van der Waals surface area contributed by atoms with Crippen molar-refractivity contribution in [1.29, 1.82) is 0 Å². The first-order chi connectivity index (χ1) is 11.9. The zero-order valence-electron chi connectivity index (χ0n) is 15.1. The largest absolute Gasteiger partial charge is 0.493 e. The Morgan fingerprint density at radius 3 is 2.08 bits per heavy atom. The van der Waals surface area contributed by atoms with Crippen molar-refractivity contribution in [3.8, 4) is 17.2 Å². The van der Waals surface area contributed by atoms with Crippen molar-refractivity contribution < 1.29 is 23.7 Å². The number of methoxy groups -OCH3 is 3. The average molecular weight is 368 g/mol. The van der Waals surface area contributed by atoms with E-state index in [9.17, 15) is 4.79 Å². The van der Waals surface area contributed by atoms with Gasteiger partial charge in [0.2, 0.25) is 5.75 Å². The van der Waals surface area contributed by atoms with Crippen molar-refractivity contribution in [2.24, 2.45) is 0 Å². The van der Waals surface area contributed by atoms with Gasteiger partial charge in [-0.05, 0) is 38.2 Å². The molecule has 1 amide bonds. The van der Waals surface area contributed by atoms with Crippen LogP contribution in [0.4, 0.5) is 0 Å². The van der Waals surface area contributed by atoms with Gasteiger partial charge in [-0.15, -0.1) is 0 Å². The lowest BCUT2D eigenvalue weighted by Gasteiger charge is -2.36. The summed E-state index contributed by atoms with van der Waals surface area (Å²) < 4.78 is 21.5. The second-order valence-corrected chi connectivity index (χ2v) is 6.22. The fourth-order valence-corrected chi connectivity index (χ4v) is 3.05. The normalized spacial score (nSPS) is 20.0. The molecule has 1 heterocycles. The van der Waals surface area contributed by atoms with E-state index in [2.05, 4.69) is 5.32 Å². The molecule has 7 nitrogen and oxygen atoms in total. The number of nitrogens with zero attached hydrogens (tertiary/aromatic N) is 1. The molecule has 138 valence electrons. The van der Waals surface area contributed by atoms with Crippen LogP contribution in [0.25, 0.3) is 0 Å². The lowest BCUT2D eigenvalue weighted by molar-refractivity contribution is -0.0481. The maximum Gasteiger partial charge on any atom is 0.257 e. The third-order valence-electron chi connectivity index (χ3n) is 3.85. The van der Waals surface area contributed by atoms with E-state index in [-0.39, 0.29) is 18.1 Å². The summed E-state index contributed by atoms with van der Waals surface area (Å²) >= 11 is 5.38. The Morgan fingerprint density at radius 1 is 1.12 bits per heavy atom. The number of nitrogens with one attached hydrogen (secondary N) is 1. The molecule has 1 aromatic carbocycles. The Morgan fingerprint density at radius 2 is 1.64 bits per heavy atom. The van der Waals surface area contributed by atoms with Crippen molar-refractivity contribution in [3.63, 3.8) is 0 Å². The fourth-order valence-electron chi connectivity index (χ4n) is 2.80. The third-order valence-corrected chi connectivity index (χ3v) is 4.21. The van der Waals surface area contributed by atoms with Crippen LogP contribution < -0.4 is 19.5 Å². The van der Waals surface area contributed by atoms with E-state index in [1.807, 2.05) is 18.7 Å². The van der Waals surface area contributed by atoms with Gasteiger partial charge in [0.1, 0.15) is 0 Å². The number of carbonyl (C=O) groups is 1. The Balaban J connectivity index is 2.16. The smallest absolute Gasteiger partial charge is 0.257 e. The molecule has 0 aliphatic carbocycles. The van der Waals surface area contributed by atoms with Crippen molar-refractivity contribution >= 4 is 23.2 Å². The minimum Gasteiger partial charge on any atom is -0.493 e. The molecule has 1 aliphatic heterocycles. The molecule has 1 N–H and O–H groups in total. The van der Waals surface area contributed by atoms with Crippen LogP contribution in [0.2, 0.25) is 0 Å². The Kier molecular flexibility index (Phi) is 6.44. The number of morpholine rings is 1. The average Bonchev–Trinajstić information content (AvgIpc) is 2.59. The summed E-state index contributed by atoms with van der Waals surface area (Å²) in [6, 6.07) is 3.17. The first kappa shape index (κ1) is 19.3. The molecule has 1 fully saturated rings. The Labute approximate surface area is 153 Å². The summed E-state index contributed by atoms with van der Waals surface area (Å²) in [5.74, 6) is 0.911. The van der Waals surface area contributed by atoms with Gasteiger partial charge in [0.25, 0.3) is 5.91 Å². The predicted octanol–water partition coefficient (Wildman–Crippen LogP) is 1.84. The van der Waals surface area contributed by atoms with E-state index in [0.29, 0.717) is 41.0 Å². The number of carbonyl (C=O) groups excluding carboxylic acids is 1. The standard InChI is InChI=1S/C17H24N2O5S/c1-10-8-19(9-11(2)24-10)17(25)18-16(20)12-6-13(21-3)15(23-5)14(7-12)22-4/h6-7,10-11H,8-9H2,1-5H3,(H,18,20,25). The van der Waals surface area contributed by atoms with Gasteiger partial charge in [0.05, 0.1) is 33.5 Å². The second-order valence-electron chi connectivity index (χ2n) is 5.84. The molecule has 2 rings (SSSR count). The summed E-state index contributed by atoms with van der Waals surface area (Å²) in [4.78, 5) is 14.5. The molecule has 2 atom stereocenters. The van der Waals surface area contributed by atoms with Crippen molar-refractivity contribution in [2.45, 2.75) is 26.1 Å². The number of ether oxygens (including phenoxy) is 4. The lowest BCUT2D eigenvalue weighted by atomic mass is 10.1. The van der Waals surface area contributed by atoms with E-state index < -0.39 is 0 Å². The summed E-state index contributed by atoms with van der Waals surface area (Å²) in [7, 11) is 4.51. The number of rotatable bonds is 4. The van der Waals surface area contributed by atoms with Crippen molar-refractivity contribution in [1.82, 2.24) is 10.2 Å². The molecule has 1 saturated heterocycles. The van der Waals surface area contributed by atoms with Crippen LogP contribution >= 0.6 is 12.2 Å². The van der Waals surface area contributed by atoms with E-state index in [1.54, 1.807) is 12.1 Å². The summed E-state index contributed by atoms with van der Waals surface area (Å²) in [6.45, 7) is 5.23. The maximum atomic E-state index is 12.6. The first-order valence-corrected chi connectivity index (χ1v) is 8.36. The molecule has 0 bridgehead atoms. The quantitative estimate of drug-likeness (QED) is 0.813. The molecule has 1 aliphatic rings. The molecular formula is C17H24N2O5S. The topological polar surface area (TPSA) is 69.3 Å². The SMILES string of the molecule is COc1cc(C(=O)NC(=S)N2CC(C)OC(C)C2)cc(OC)c1OC. The Hall–Kier alpha value is -2.06. The number of hydrogen-bond acceptors (Lipinski definition) is 6. The van der Waals surface area contributed by atoms with Crippen LogP contribution in [0.3, 0.4) is 0 Å². The summed E-state index contributed by atoms with van der Waals surface area (Å²) in [6.07, 6.45) is 0.111. The van der Waals surface area contributed by atoms with Gasteiger partial charge in [0, 0.05) is 18.7 Å². The van der Waals surface area contributed by atoms with Crippen LogP contribution in [0, 0.1) is 0 Å². The number of benzene rings is 1. The van der Waals surface area contributed by atoms with Crippen LogP contribution in [0.15, 0.2) is 12.1 Å². The highest BCUT2D eigenvalue weighted by Crippen LogP contribution is 2.38. The summed E-state index contributed by atoms with van der Waals surface area (Å²) in [5, 5.41) is 3.13. The van der Waals surface area contributed by atoms with Crippen LogP contribution in [0.1, 0.15) is 24.2 Å². The van der Waals surface area contributed by atoms with Gasteiger partial charge >= 0.3 is 0 Å². The minimum absolute atomic E-state index is 0.0553. The first-order valence-electron chi connectivity index (χ1n) is 7.95. The fraction of sp³-hybridized carbons (Fsp3) is 0.529. The number of amides is 1. The molecule has 0 radical (unpaired) electrons. The van der Waals surface area contributed by atoms with Gasteiger partial charge in [-0.3, -0.25) is 10.1 Å².